The fourth-order valence-electron chi connectivity index (χ4n) is 3.61. The molecule has 5 rings (SSSR count). The number of ether oxygens (including phenoxy) is 1. The highest BCUT2D eigenvalue weighted by atomic mass is 16.5. The van der Waals surface area contributed by atoms with Crippen LogP contribution in [0.4, 0.5) is 11.6 Å². The number of anilines is 2. The van der Waals surface area contributed by atoms with Gasteiger partial charge in [0, 0.05) is 61.6 Å². The lowest BCUT2D eigenvalue weighted by molar-refractivity contribution is 0.0950. The zero-order valence-corrected chi connectivity index (χ0v) is 18.8. The van der Waals surface area contributed by atoms with E-state index in [9.17, 15) is 4.79 Å². The monoisotopic (exact) mass is 453 g/mol. The molecule has 0 spiro atoms. The minimum absolute atomic E-state index is 0.167. The molecule has 1 amide bonds. The van der Waals surface area contributed by atoms with Crippen LogP contribution in [-0.2, 0) is 13.6 Å². The molecule has 4 heterocycles. The second kappa shape index (κ2) is 9.07. The molecular formula is C25H23N7O2. The van der Waals surface area contributed by atoms with Crippen LogP contribution in [0, 0.1) is 6.92 Å². The van der Waals surface area contributed by atoms with Crippen molar-refractivity contribution >= 4 is 23.2 Å². The second-order valence-corrected chi connectivity index (χ2v) is 7.78. The first-order valence-corrected chi connectivity index (χ1v) is 10.8. The highest BCUT2D eigenvalue weighted by Gasteiger charge is 2.14. The van der Waals surface area contributed by atoms with Gasteiger partial charge in [-0.05, 0) is 42.8 Å². The van der Waals surface area contributed by atoms with Crippen molar-refractivity contribution in [1.29, 1.82) is 0 Å². The lowest BCUT2D eigenvalue weighted by Crippen LogP contribution is -2.23. The molecule has 5 aromatic rings. The second-order valence-electron chi connectivity index (χ2n) is 7.78. The van der Waals surface area contributed by atoms with Crippen LogP contribution in [0.2, 0.25) is 0 Å². The Morgan fingerprint density at radius 3 is 2.79 bits per heavy atom. The minimum atomic E-state index is -0.167. The third kappa shape index (κ3) is 4.44. The van der Waals surface area contributed by atoms with Crippen molar-refractivity contribution in [2.45, 2.75) is 13.5 Å². The quantitative estimate of drug-likeness (QED) is 0.383. The largest absolute Gasteiger partial charge is 0.457 e. The van der Waals surface area contributed by atoms with Crippen molar-refractivity contribution in [3.63, 3.8) is 0 Å². The third-order valence-corrected chi connectivity index (χ3v) is 5.48. The molecule has 0 atom stereocenters. The third-order valence-electron chi connectivity index (χ3n) is 5.48. The Labute approximate surface area is 196 Å². The number of carbonyl (C=O) groups is 1. The van der Waals surface area contributed by atoms with Crippen LogP contribution in [0.1, 0.15) is 21.5 Å². The van der Waals surface area contributed by atoms with E-state index >= 15 is 0 Å². The van der Waals surface area contributed by atoms with Gasteiger partial charge in [-0.2, -0.15) is 5.10 Å². The van der Waals surface area contributed by atoms with E-state index in [-0.39, 0.29) is 5.91 Å². The lowest BCUT2D eigenvalue weighted by Gasteiger charge is -2.13. The predicted molar refractivity (Wildman–Crippen MR) is 128 cm³/mol. The summed E-state index contributed by atoms with van der Waals surface area (Å²) in [5.74, 6) is 2.48. The summed E-state index contributed by atoms with van der Waals surface area (Å²) in [6.07, 6.45) is 8.92. The molecule has 0 aliphatic carbocycles. The van der Waals surface area contributed by atoms with Gasteiger partial charge >= 0.3 is 0 Å². The summed E-state index contributed by atoms with van der Waals surface area (Å²) in [6.45, 7) is 2.27. The maximum atomic E-state index is 12.9. The van der Waals surface area contributed by atoms with Crippen LogP contribution in [0.25, 0.3) is 5.65 Å². The van der Waals surface area contributed by atoms with Crippen molar-refractivity contribution in [3.05, 3.63) is 96.2 Å². The van der Waals surface area contributed by atoms with E-state index in [1.807, 2.05) is 61.1 Å². The van der Waals surface area contributed by atoms with Crippen LogP contribution in [-0.4, -0.2) is 30.1 Å². The van der Waals surface area contributed by atoms with Gasteiger partial charge in [-0.1, -0.05) is 6.07 Å². The van der Waals surface area contributed by atoms with Crippen LogP contribution in [0.3, 0.4) is 0 Å². The Balaban J connectivity index is 1.29. The molecule has 170 valence electrons. The number of nitrogens with zero attached hydrogens (tertiary/aromatic N) is 5. The van der Waals surface area contributed by atoms with Gasteiger partial charge in [0.15, 0.2) is 0 Å². The minimum Gasteiger partial charge on any atom is -0.457 e. The predicted octanol–water partition coefficient (Wildman–Crippen LogP) is 4.24. The first-order chi connectivity index (χ1) is 16.6. The molecular weight excluding hydrogens is 430 g/mol. The number of amides is 1. The summed E-state index contributed by atoms with van der Waals surface area (Å²) >= 11 is 0. The average Bonchev–Trinajstić information content (AvgIpc) is 3.47. The van der Waals surface area contributed by atoms with E-state index in [0.29, 0.717) is 29.4 Å². The Morgan fingerprint density at radius 2 is 1.94 bits per heavy atom. The number of carbonyl (C=O) groups excluding carboxylic acids is 1. The molecule has 4 aromatic heterocycles. The fraction of sp³-hybridized carbons (Fsp3) is 0.120. The van der Waals surface area contributed by atoms with Crippen LogP contribution < -0.4 is 15.4 Å². The van der Waals surface area contributed by atoms with E-state index in [1.165, 1.54) is 0 Å². The molecule has 34 heavy (non-hydrogen) atoms. The molecule has 0 unspecified atom stereocenters. The zero-order chi connectivity index (χ0) is 23.5. The van der Waals surface area contributed by atoms with Crippen molar-refractivity contribution < 1.29 is 9.53 Å². The highest BCUT2D eigenvalue weighted by Crippen LogP contribution is 2.28. The number of hydrogen-bond acceptors (Lipinski definition) is 6. The summed E-state index contributed by atoms with van der Waals surface area (Å²) in [7, 11) is 1.85. The van der Waals surface area contributed by atoms with Gasteiger partial charge in [0.05, 0.1) is 6.20 Å². The molecule has 0 fully saturated rings. The molecule has 2 N–H and O–H groups in total. The molecule has 0 saturated heterocycles. The summed E-state index contributed by atoms with van der Waals surface area (Å²) in [5, 5.41) is 10.3. The van der Waals surface area contributed by atoms with Gasteiger partial charge in [-0.25, -0.2) is 9.97 Å². The smallest absolute Gasteiger partial charge is 0.251 e. The molecule has 0 bridgehead atoms. The van der Waals surface area contributed by atoms with Gasteiger partial charge < -0.3 is 19.8 Å². The standard InChI is InChI=1S/C25H23N7O2/c1-17-20(25(33)28-16-18-8-12-32-13-11-27-24(32)14-18)4-3-5-21(17)34-19-6-9-26-22(15-19)30-23-7-10-29-31(23)2/h3-15H,16H2,1-2H3,(H,26,30)(H,28,33). The first-order valence-electron chi connectivity index (χ1n) is 10.8. The Kier molecular flexibility index (Phi) is 5.65. The maximum Gasteiger partial charge on any atom is 0.251 e. The van der Waals surface area contributed by atoms with Gasteiger partial charge in [0.1, 0.15) is 28.8 Å². The average molecular weight is 454 g/mol. The number of rotatable bonds is 7. The van der Waals surface area contributed by atoms with E-state index in [2.05, 4.69) is 25.7 Å². The van der Waals surface area contributed by atoms with E-state index < -0.39 is 0 Å². The fourth-order valence-corrected chi connectivity index (χ4v) is 3.61. The lowest BCUT2D eigenvalue weighted by atomic mass is 10.1. The summed E-state index contributed by atoms with van der Waals surface area (Å²) < 4.78 is 9.74. The Morgan fingerprint density at radius 1 is 1.03 bits per heavy atom. The van der Waals surface area contributed by atoms with Crippen molar-refractivity contribution in [1.82, 2.24) is 29.5 Å². The highest BCUT2D eigenvalue weighted by molar-refractivity contribution is 5.96. The molecule has 1 aromatic carbocycles. The SMILES string of the molecule is Cc1c(Oc2ccnc(Nc3ccnn3C)c2)cccc1C(=O)NCc1ccn2ccnc2c1. The number of aryl methyl sites for hydroxylation is 1. The zero-order valence-electron chi connectivity index (χ0n) is 18.8. The normalized spacial score (nSPS) is 10.9. The summed E-state index contributed by atoms with van der Waals surface area (Å²) in [6, 6.07) is 14.8. The number of pyridine rings is 2. The van der Waals surface area contributed by atoms with E-state index in [0.717, 1.165) is 22.6 Å². The van der Waals surface area contributed by atoms with Crippen molar-refractivity contribution in [2.75, 3.05) is 5.32 Å². The topological polar surface area (TPSA) is 98.4 Å². The number of fused-ring (bicyclic) bond motifs is 1. The van der Waals surface area contributed by atoms with E-state index in [4.69, 9.17) is 4.74 Å². The van der Waals surface area contributed by atoms with Gasteiger partial charge in [0.25, 0.3) is 5.91 Å². The molecule has 0 saturated carbocycles. The molecule has 0 aliphatic heterocycles. The maximum absolute atomic E-state index is 12.9. The summed E-state index contributed by atoms with van der Waals surface area (Å²) in [4.78, 5) is 21.5. The van der Waals surface area contributed by atoms with Crippen molar-refractivity contribution in [2.24, 2.45) is 7.05 Å². The number of nitrogens with one attached hydrogen (secondary N) is 2. The van der Waals surface area contributed by atoms with E-state index in [1.54, 1.807) is 41.5 Å². The number of imidazole rings is 1. The Bertz CT molecular complexity index is 1470. The van der Waals surface area contributed by atoms with Crippen LogP contribution in [0.15, 0.2) is 79.5 Å². The number of aromatic nitrogens is 5. The first kappa shape index (κ1) is 21.2. The van der Waals surface area contributed by atoms with Gasteiger partial charge in [-0.15, -0.1) is 0 Å². The molecule has 9 heteroatoms. The molecule has 0 radical (unpaired) electrons. The van der Waals surface area contributed by atoms with Crippen LogP contribution >= 0.6 is 0 Å². The van der Waals surface area contributed by atoms with Gasteiger partial charge in [0.2, 0.25) is 0 Å². The number of hydrogen-bond donors (Lipinski definition) is 2. The Hall–Kier alpha value is -4.66. The number of benzene rings is 1. The summed E-state index contributed by atoms with van der Waals surface area (Å²) in [5.41, 5.74) is 3.12. The van der Waals surface area contributed by atoms with Gasteiger partial charge in [-0.3, -0.25) is 9.48 Å². The van der Waals surface area contributed by atoms with Crippen molar-refractivity contribution in [3.8, 4) is 11.5 Å². The van der Waals surface area contributed by atoms with Crippen LogP contribution in [0.5, 0.6) is 11.5 Å². The molecule has 0 aliphatic rings. The molecule has 9 nitrogen and oxygen atoms in total.